The van der Waals surface area contributed by atoms with E-state index in [0.29, 0.717) is 0 Å². The van der Waals surface area contributed by atoms with Gasteiger partial charge in [-0.15, -0.1) is 0 Å². The van der Waals surface area contributed by atoms with Gasteiger partial charge in [0.15, 0.2) is 11.5 Å². The van der Waals surface area contributed by atoms with Crippen LogP contribution in [0.2, 0.25) is 0 Å². The van der Waals surface area contributed by atoms with Gasteiger partial charge >= 0.3 is 0 Å². The molecule has 10 aromatic rings. The maximum atomic E-state index is 6.54. The zero-order valence-corrected chi connectivity index (χ0v) is 26.9. The molecule has 1 aliphatic heterocycles. The molecule has 0 saturated carbocycles. The van der Waals surface area contributed by atoms with Gasteiger partial charge in [-0.3, -0.25) is 0 Å². The summed E-state index contributed by atoms with van der Waals surface area (Å²) in [5.74, 6) is 1.68. The number of nitrogens with zero attached hydrogens (tertiary/aromatic N) is 2. The summed E-state index contributed by atoms with van der Waals surface area (Å²) < 4.78 is 15.4. The maximum Gasteiger partial charge on any atom is 0.152 e. The van der Waals surface area contributed by atoms with Crippen molar-refractivity contribution >= 4 is 71.6 Å². The first-order valence-corrected chi connectivity index (χ1v) is 16.9. The molecule has 0 radical (unpaired) electrons. The SMILES string of the molecule is c1ccc(N2c3ccccc3Oc3cc(-c4ccc5c(c4)c4ccccc4n5-c4ccc5ccc6c7ccccc7oc6c5c4)ccc32)cc1. The summed E-state index contributed by atoms with van der Waals surface area (Å²) in [5.41, 5.74) is 10.7. The quantitative estimate of drug-likeness (QED) is 0.192. The van der Waals surface area contributed by atoms with Crippen molar-refractivity contribution in [2.24, 2.45) is 0 Å². The number of hydrogen-bond donors (Lipinski definition) is 0. The second-order valence-electron chi connectivity index (χ2n) is 13.0. The third-order valence-electron chi connectivity index (χ3n) is 10.2. The molecule has 0 unspecified atom stereocenters. The van der Waals surface area contributed by atoms with Gasteiger partial charge in [0.1, 0.15) is 11.2 Å². The van der Waals surface area contributed by atoms with E-state index in [0.717, 1.165) is 83.6 Å². The average molecular weight is 641 g/mol. The Kier molecular flexibility index (Phi) is 5.63. The monoisotopic (exact) mass is 640 g/mol. The Hall–Kier alpha value is -6.78. The molecule has 0 spiro atoms. The predicted octanol–water partition coefficient (Wildman–Crippen LogP) is 13.1. The topological polar surface area (TPSA) is 30.5 Å². The molecule has 234 valence electrons. The van der Waals surface area contributed by atoms with Crippen molar-refractivity contribution in [2.75, 3.05) is 4.90 Å². The van der Waals surface area contributed by atoms with Crippen LogP contribution >= 0.6 is 0 Å². The van der Waals surface area contributed by atoms with Gasteiger partial charge in [0.25, 0.3) is 0 Å². The van der Waals surface area contributed by atoms with Crippen LogP contribution in [0.4, 0.5) is 17.1 Å². The second kappa shape index (κ2) is 10.4. The van der Waals surface area contributed by atoms with Crippen LogP contribution in [0.25, 0.3) is 71.3 Å². The molecule has 1 aliphatic rings. The van der Waals surface area contributed by atoms with Crippen LogP contribution < -0.4 is 9.64 Å². The summed E-state index contributed by atoms with van der Waals surface area (Å²) in [6, 6.07) is 60.1. The Morgan fingerprint density at radius 1 is 0.400 bits per heavy atom. The number of anilines is 3. The molecule has 11 rings (SSSR count). The lowest BCUT2D eigenvalue weighted by Gasteiger charge is -2.33. The van der Waals surface area contributed by atoms with Crippen molar-refractivity contribution < 1.29 is 9.15 Å². The number of benzene rings is 8. The fourth-order valence-corrected chi connectivity index (χ4v) is 7.85. The summed E-state index contributed by atoms with van der Waals surface area (Å²) in [5, 5.41) is 6.97. The van der Waals surface area contributed by atoms with E-state index in [9.17, 15) is 0 Å². The summed E-state index contributed by atoms with van der Waals surface area (Å²) in [6.07, 6.45) is 0. The van der Waals surface area contributed by atoms with Crippen molar-refractivity contribution in [1.29, 1.82) is 0 Å². The van der Waals surface area contributed by atoms with Crippen molar-refractivity contribution in [3.05, 3.63) is 170 Å². The van der Waals surface area contributed by atoms with E-state index in [-0.39, 0.29) is 0 Å². The highest BCUT2D eigenvalue weighted by molar-refractivity contribution is 6.16. The van der Waals surface area contributed by atoms with E-state index in [2.05, 4.69) is 149 Å². The molecule has 3 heterocycles. The summed E-state index contributed by atoms with van der Waals surface area (Å²) >= 11 is 0. The number of ether oxygens (including phenoxy) is 1. The highest BCUT2D eigenvalue weighted by Crippen LogP contribution is 2.51. The first-order valence-electron chi connectivity index (χ1n) is 16.9. The highest BCUT2D eigenvalue weighted by atomic mass is 16.5. The second-order valence-corrected chi connectivity index (χ2v) is 13.0. The van der Waals surface area contributed by atoms with E-state index in [1.54, 1.807) is 0 Å². The third kappa shape index (κ3) is 3.93. The molecule has 4 heteroatoms. The van der Waals surface area contributed by atoms with E-state index >= 15 is 0 Å². The minimum atomic E-state index is 0.834. The molecule has 0 fully saturated rings. The number of fused-ring (bicyclic) bond motifs is 10. The molecule has 0 amide bonds. The van der Waals surface area contributed by atoms with Crippen molar-refractivity contribution in [3.63, 3.8) is 0 Å². The largest absolute Gasteiger partial charge is 0.455 e. The molecule has 0 atom stereocenters. The molecular weight excluding hydrogens is 613 g/mol. The third-order valence-corrected chi connectivity index (χ3v) is 10.2. The van der Waals surface area contributed by atoms with Crippen LogP contribution in [-0.4, -0.2) is 4.57 Å². The van der Waals surface area contributed by atoms with Gasteiger partial charge in [0.2, 0.25) is 0 Å². The van der Waals surface area contributed by atoms with E-state index in [1.807, 2.05) is 30.3 Å². The van der Waals surface area contributed by atoms with Crippen molar-refractivity contribution in [1.82, 2.24) is 4.57 Å². The Morgan fingerprint density at radius 2 is 1.12 bits per heavy atom. The van der Waals surface area contributed by atoms with Gasteiger partial charge in [-0.1, -0.05) is 91.0 Å². The van der Waals surface area contributed by atoms with Crippen LogP contribution in [0.1, 0.15) is 0 Å². The molecule has 0 aliphatic carbocycles. The smallest absolute Gasteiger partial charge is 0.152 e. The van der Waals surface area contributed by atoms with Gasteiger partial charge in [-0.2, -0.15) is 0 Å². The number of aromatic nitrogens is 1. The lowest BCUT2D eigenvalue weighted by atomic mass is 10.0. The Morgan fingerprint density at radius 3 is 2.06 bits per heavy atom. The fourth-order valence-electron chi connectivity index (χ4n) is 7.85. The molecule has 8 aromatic carbocycles. The molecule has 0 bridgehead atoms. The number of para-hydroxylation sites is 5. The predicted molar refractivity (Wildman–Crippen MR) is 206 cm³/mol. The van der Waals surface area contributed by atoms with Crippen LogP contribution in [0.15, 0.2) is 174 Å². The maximum absolute atomic E-state index is 6.54. The number of hydrogen-bond acceptors (Lipinski definition) is 3. The van der Waals surface area contributed by atoms with E-state index in [4.69, 9.17) is 9.15 Å². The van der Waals surface area contributed by atoms with Crippen molar-refractivity contribution in [3.8, 4) is 28.3 Å². The Bertz CT molecular complexity index is 2970. The minimum Gasteiger partial charge on any atom is -0.455 e. The zero-order chi connectivity index (χ0) is 32.8. The molecule has 50 heavy (non-hydrogen) atoms. The first-order chi connectivity index (χ1) is 24.8. The lowest BCUT2D eigenvalue weighted by Crippen LogP contribution is -2.15. The molecular formula is C46H28N2O2. The van der Waals surface area contributed by atoms with E-state index < -0.39 is 0 Å². The molecule has 2 aromatic heterocycles. The number of rotatable bonds is 3. The Balaban J connectivity index is 1.07. The van der Waals surface area contributed by atoms with Gasteiger partial charge in [-0.25, -0.2) is 0 Å². The van der Waals surface area contributed by atoms with Gasteiger partial charge in [0, 0.05) is 38.3 Å². The van der Waals surface area contributed by atoms with Gasteiger partial charge < -0.3 is 18.6 Å². The first kappa shape index (κ1) is 27.2. The van der Waals surface area contributed by atoms with Crippen LogP contribution in [-0.2, 0) is 0 Å². The van der Waals surface area contributed by atoms with Gasteiger partial charge in [-0.05, 0) is 95.4 Å². The highest BCUT2D eigenvalue weighted by Gasteiger charge is 2.26. The number of furan rings is 1. The van der Waals surface area contributed by atoms with Crippen LogP contribution in [0, 0.1) is 0 Å². The average Bonchev–Trinajstić information content (AvgIpc) is 3.73. The zero-order valence-electron chi connectivity index (χ0n) is 26.9. The summed E-state index contributed by atoms with van der Waals surface area (Å²) in [7, 11) is 0. The summed E-state index contributed by atoms with van der Waals surface area (Å²) in [6.45, 7) is 0. The van der Waals surface area contributed by atoms with Gasteiger partial charge in [0.05, 0.1) is 22.4 Å². The molecule has 4 nitrogen and oxygen atoms in total. The summed E-state index contributed by atoms with van der Waals surface area (Å²) in [4.78, 5) is 2.28. The van der Waals surface area contributed by atoms with Crippen LogP contribution in [0.3, 0.4) is 0 Å². The molecule has 0 N–H and O–H groups in total. The standard InChI is InChI=1S/C46H28N2O2/c1-2-10-32(11-3-1)47-41-15-7-9-17-44(41)49-45-27-31(21-25-42(45)47)30-20-24-40-38(26-30)34-12-4-6-14-39(34)48(40)33-22-18-29-19-23-36-35-13-5-8-16-43(35)50-46(36)37(29)28-33/h1-28H. The fraction of sp³-hybridized carbons (Fsp3) is 0. The minimum absolute atomic E-state index is 0.834. The van der Waals surface area contributed by atoms with Crippen molar-refractivity contribution in [2.45, 2.75) is 0 Å². The lowest BCUT2D eigenvalue weighted by molar-refractivity contribution is 0.477. The van der Waals surface area contributed by atoms with E-state index in [1.165, 1.54) is 16.3 Å². The molecule has 0 saturated heterocycles. The van der Waals surface area contributed by atoms with Crippen LogP contribution in [0.5, 0.6) is 11.5 Å². The normalized spacial score (nSPS) is 12.5. The Labute approximate surface area is 287 Å².